The molecule has 92 valence electrons. The minimum Gasteiger partial charge on any atom is -0.390 e. The maximum absolute atomic E-state index is 6.00. The summed E-state index contributed by atoms with van der Waals surface area (Å²) in [5.41, 5.74) is 9.16. The van der Waals surface area contributed by atoms with E-state index in [2.05, 4.69) is 33.5 Å². The van der Waals surface area contributed by atoms with Crippen LogP contribution in [0.4, 0.5) is 5.00 Å². The van der Waals surface area contributed by atoms with Crippen molar-refractivity contribution in [2.24, 2.45) is 0 Å². The molecule has 0 radical (unpaired) electrons. The highest BCUT2D eigenvalue weighted by Gasteiger charge is 2.14. The van der Waals surface area contributed by atoms with Crippen molar-refractivity contribution in [3.8, 4) is 11.4 Å². The Morgan fingerprint density at radius 1 is 1.39 bits per heavy atom. The lowest BCUT2D eigenvalue weighted by atomic mass is 10.3. The average molecular weight is 322 g/mol. The number of hydrogen-bond acceptors (Lipinski definition) is 3. The van der Waals surface area contributed by atoms with Gasteiger partial charge in [0.25, 0.3) is 0 Å². The number of nitrogens with two attached hydrogens (primary N) is 1. The number of fused-ring (bicyclic) bond motifs is 1. The summed E-state index contributed by atoms with van der Waals surface area (Å²) in [4.78, 5) is 4.71. The van der Waals surface area contributed by atoms with E-state index in [1.165, 1.54) is 0 Å². The summed E-state index contributed by atoms with van der Waals surface area (Å²) in [7, 11) is 0. The molecular formula is C13H12BrN3S. The second-order valence-electron chi connectivity index (χ2n) is 4.01. The van der Waals surface area contributed by atoms with Crippen LogP contribution in [0.2, 0.25) is 0 Å². The molecule has 18 heavy (non-hydrogen) atoms. The van der Waals surface area contributed by atoms with Crippen LogP contribution in [0.25, 0.3) is 22.4 Å². The van der Waals surface area contributed by atoms with Crippen molar-refractivity contribution in [3.05, 3.63) is 34.1 Å². The first-order valence-corrected chi connectivity index (χ1v) is 7.37. The van der Waals surface area contributed by atoms with Crippen LogP contribution in [0.5, 0.6) is 0 Å². The van der Waals surface area contributed by atoms with Gasteiger partial charge in [-0.15, -0.1) is 11.3 Å². The molecule has 3 nitrogen and oxygen atoms in total. The fourth-order valence-corrected chi connectivity index (χ4v) is 3.12. The third-order valence-corrected chi connectivity index (χ3v) is 4.20. The summed E-state index contributed by atoms with van der Waals surface area (Å²) in [6.07, 6.45) is 0. The first-order chi connectivity index (χ1) is 8.70. The summed E-state index contributed by atoms with van der Waals surface area (Å²) in [6, 6.07) is 8.19. The molecule has 0 aliphatic heterocycles. The molecular weight excluding hydrogens is 310 g/mol. The molecule has 2 aromatic heterocycles. The Kier molecular flexibility index (Phi) is 2.87. The van der Waals surface area contributed by atoms with Gasteiger partial charge in [-0.2, -0.15) is 0 Å². The minimum atomic E-state index is 0.819. The van der Waals surface area contributed by atoms with Gasteiger partial charge in [0, 0.05) is 11.0 Å². The van der Waals surface area contributed by atoms with Crippen LogP contribution >= 0.6 is 27.3 Å². The topological polar surface area (TPSA) is 43.8 Å². The van der Waals surface area contributed by atoms with Crippen LogP contribution in [0.3, 0.4) is 0 Å². The summed E-state index contributed by atoms with van der Waals surface area (Å²) < 4.78 is 3.24. The summed E-state index contributed by atoms with van der Waals surface area (Å²) in [5.74, 6) is 0.948. The number of rotatable bonds is 2. The van der Waals surface area contributed by atoms with Gasteiger partial charge in [-0.3, -0.25) is 0 Å². The van der Waals surface area contributed by atoms with Crippen molar-refractivity contribution < 1.29 is 0 Å². The molecule has 0 aliphatic carbocycles. The lowest BCUT2D eigenvalue weighted by molar-refractivity contribution is 0.797. The molecule has 2 N–H and O–H groups in total. The van der Waals surface area contributed by atoms with E-state index in [4.69, 9.17) is 10.7 Å². The van der Waals surface area contributed by atoms with Crippen LogP contribution in [-0.4, -0.2) is 9.55 Å². The molecule has 0 unspecified atom stereocenters. The van der Waals surface area contributed by atoms with Crippen molar-refractivity contribution in [2.45, 2.75) is 13.5 Å². The molecule has 1 aromatic carbocycles. The van der Waals surface area contributed by atoms with Crippen LogP contribution in [-0.2, 0) is 6.54 Å². The average Bonchev–Trinajstić information content (AvgIpc) is 2.91. The van der Waals surface area contributed by atoms with E-state index in [9.17, 15) is 0 Å². The molecule has 2 heterocycles. The number of halogens is 1. The van der Waals surface area contributed by atoms with Gasteiger partial charge in [0.1, 0.15) is 5.82 Å². The molecule has 0 atom stereocenters. The molecule has 0 bridgehead atoms. The van der Waals surface area contributed by atoms with Gasteiger partial charge in [-0.05, 0) is 36.6 Å². The number of thiophene rings is 1. The van der Waals surface area contributed by atoms with Crippen LogP contribution in [0.1, 0.15) is 6.92 Å². The maximum atomic E-state index is 6.00. The van der Waals surface area contributed by atoms with Crippen molar-refractivity contribution >= 4 is 43.3 Å². The third kappa shape index (κ3) is 1.74. The number of anilines is 1. The Morgan fingerprint density at radius 2 is 2.22 bits per heavy atom. The van der Waals surface area contributed by atoms with E-state index in [1.807, 2.05) is 23.6 Å². The maximum Gasteiger partial charge on any atom is 0.144 e. The molecule has 0 amide bonds. The Labute approximate surface area is 117 Å². The van der Waals surface area contributed by atoms with Gasteiger partial charge >= 0.3 is 0 Å². The van der Waals surface area contributed by atoms with Gasteiger partial charge in [-0.25, -0.2) is 4.98 Å². The Morgan fingerprint density at radius 3 is 2.89 bits per heavy atom. The zero-order valence-corrected chi connectivity index (χ0v) is 12.3. The predicted octanol–water partition coefficient (Wildman–Crippen LogP) is 4.13. The van der Waals surface area contributed by atoms with Crippen molar-refractivity contribution in [3.63, 3.8) is 0 Å². The standard InChI is InChI=1S/C13H12BrN3S/c1-2-17-11-4-3-8(14)7-10(11)16-13(17)9-5-6-18-12(9)15/h3-7H,2,15H2,1H3. The first-order valence-electron chi connectivity index (χ1n) is 5.70. The molecule has 3 rings (SSSR count). The number of nitrogens with zero attached hydrogens (tertiary/aromatic N) is 2. The van der Waals surface area contributed by atoms with Crippen molar-refractivity contribution in [1.29, 1.82) is 0 Å². The van der Waals surface area contributed by atoms with Gasteiger partial charge in [0.05, 0.1) is 21.6 Å². The van der Waals surface area contributed by atoms with Crippen molar-refractivity contribution in [1.82, 2.24) is 9.55 Å². The fourth-order valence-electron chi connectivity index (χ4n) is 2.13. The smallest absolute Gasteiger partial charge is 0.144 e. The van der Waals surface area contributed by atoms with E-state index in [1.54, 1.807) is 11.3 Å². The number of aryl methyl sites for hydroxylation is 1. The van der Waals surface area contributed by atoms with Gasteiger partial charge in [0.2, 0.25) is 0 Å². The summed E-state index contributed by atoms with van der Waals surface area (Å²) >= 11 is 5.03. The molecule has 0 aliphatic rings. The summed E-state index contributed by atoms with van der Waals surface area (Å²) in [6.45, 7) is 3.00. The number of imidazole rings is 1. The lowest BCUT2D eigenvalue weighted by Crippen LogP contribution is -1.98. The first kappa shape index (κ1) is 11.7. The Balaban J connectivity index is 2.32. The molecule has 0 saturated heterocycles. The lowest BCUT2D eigenvalue weighted by Gasteiger charge is -2.05. The second-order valence-corrected chi connectivity index (χ2v) is 5.87. The van der Waals surface area contributed by atoms with E-state index in [-0.39, 0.29) is 0 Å². The van der Waals surface area contributed by atoms with Crippen LogP contribution in [0.15, 0.2) is 34.1 Å². The molecule has 5 heteroatoms. The van der Waals surface area contributed by atoms with Gasteiger partial charge in [0.15, 0.2) is 0 Å². The van der Waals surface area contributed by atoms with Gasteiger partial charge in [-0.1, -0.05) is 15.9 Å². The van der Waals surface area contributed by atoms with Crippen molar-refractivity contribution in [2.75, 3.05) is 5.73 Å². The van der Waals surface area contributed by atoms with E-state index >= 15 is 0 Å². The van der Waals surface area contributed by atoms with Crippen LogP contribution in [0, 0.1) is 0 Å². The Hall–Kier alpha value is -1.33. The number of nitrogen functional groups attached to an aromatic ring is 1. The van der Waals surface area contributed by atoms with E-state index < -0.39 is 0 Å². The zero-order valence-electron chi connectivity index (χ0n) is 9.85. The highest BCUT2D eigenvalue weighted by molar-refractivity contribution is 9.10. The van der Waals surface area contributed by atoms with Crippen LogP contribution < -0.4 is 5.73 Å². The molecule has 3 aromatic rings. The molecule has 0 saturated carbocycles. The largest absolute Gasteiger partial charge is 0.390 e. The third-order valence-electron chi connectivity index (χ3n) is 2.96. The number of hydrogen-bond donors (Lipinski definition) is 1. The molecule has 0 fully saturated rings. The quantitative estimate of drug-likeness (QED) is 0.771. The highest BCUT2D eigenvalue weighted by Crippen LogP contribution is 2.32. The van der Waals surface area contributed by atoms with E-state index in [0.717, 1.165) is 38.4 Å². The fraction of sp³-hybridized carbons (Fsp3) is 0.154. The van der Waals surface area contributed by atoms with Gasteiger partial charge < -0.3 is 10.3 Å². The normalized spacial score (nSPS) is 11.2. The SMILES string of the molecule is CCn1c(-c2ccsc2N)nc2cc(Br)ccc21. The molecule has 0 spiro atoms. The minimum absolute atomic E-state index is 0.819. The number of benzene rings is 1. The summed E-state index contributed by atoms with van der Waals surface area (Å²) in [5, 5.41) is 2.82. The predicted molar refractivity (Wildman–Crippen MR) is 80.8 cm³/mol. The zero-order chi connectivity index (χ0) is 12.7. The van der Waals surface area contributed by atoms with E-state index in [0.29, 0.717) is 0 Å². The second kappa shape index (κ2) is 4.40. The highest BCUT2D eigenvalue weighted by atomic mass is 79.9. The number of aromatic nitrogens is 2. The Bertz CT molecular complexity index is 714. The monoisotopic (exact) mass is 321 g/mol.